The van der Waals surface area contributed by atoms with Crippen LogP contribution in [0.2, 0.25) is 0 Å². The third kappa shape index (κ3) is 61.8. The number of carbonyl (C=O) groups is 3. The van der Waals surface area contributed by atoms with Crippen LogP contribution in [0.4, 0.5) is 0 Å². The molecule has 0 aromatic heterocycles. The monoisotopic (exact) mass is 1050 g/mol. The van der Waals surface area contributed by atoms with Gasteiger partial charge in [0.25, 0.3) is 0 Å². The van der Waals surface area contributed by atoms with Crippen LogP contribution in [0.25, 0.3) is 0 Å². The number of hydrogen-bond acceptors (Lipinski definition) is 6. The third-order valence-electron chi connectivity index (χ3n) is 14.5. The largest absolute Gasteiger partial charge is 0.462 e. The molecule has 0 aliphatic rings. The minimum absolute atomic E-state index is 0.0805. The van der Waals surface area contributed by atoms with Gasteiger partial charge in [-0.25, -0.2) is 0 Å². The maximum Gasteiger partial charge on any atom is 0.306 e. The van der Waals surface area contributed by atoms with Crippen molar-refractivity contribution in [3.05, 3.63) is 60.8 Å². The molecule has 0 aromatic rings. The summed E-state index contributed by atoms with van der Waals surface area (Å²) in [6, 6.07) is 0. The molecule has 0 aliphatic carbocycles. The molecule has 0 spiro atoms. The van der Waals surface area contributed by atoms with Gasteiger partial charge in [0.1, 0.15) is 13.2 Å². The van der Waals surface area contributed by atoms with Gasteiger partial charge >= 0.3 is 17.9 Å². The van der Waals surface area contributed by atoms with E-state index in [4.69, 9.17) is 14.2 Å². The zero-order valence-corrected chi connectivity index (χ0v) is 50.1. The molecule has 0 aliphatic heterocycles. The summed E-state index contributed by atoms with van der Waals surface area (Å²) in [5, 5.41) is 0. The third-order valence-corrected chi connectivity index (χ3v) is 14.5. The van der Waals surface area contributed by atoms with Gasteiger partial charge in [-0.15, -0.1) is 0 Å². The Bertz CT molecular complexity index is 1340. The molecule has 0 heterocycles. The average molecular weight is 1050 g/mol. The molecule has 0 N–H and O–H groups in total. The molecule has 0 rings (SSSR count). The summed E-state index contributed by atoms with van der Waals surface area (Å²) in [4.78, 5) is 38.1. The van der Waals surface area contributed by atoms with Gasteiger partial charge in [0.15, 0.2) is 6.10 Å². The van der Waals surface area contributed by atoms with Crippen molar-refractivity contribution in [2.45, 2.75) is 348 Å². The second kappa shape index (κ2) is 63.6. The normalized spacial score (nSPS) is 12.4. The number of ether oxygens (including phenoxy) is 3. The summed E-state index contributed by atoms with van der Waals surface area (Å²) in [5.74, 6) is -0.891. The summed E-state index contributed by atoms with van der Waals surface area (Å²) in [7, 11) is 0. The molecule has 0 aromatic carbocycles. The van der Waals surface area contributed by atoms with Crippen LogP contribution in [0.3, 0.4) is 0 Å². The molecule has 0 saturated carbocycles. The Balaban J connectivity index is 4.09. The predicted molar refractivity (Wildman–Crippen MR) is 325 cm³/mol. The maximum atomic E-state index is 12.8. The first kappa shape index (κ1) is 72.1. The highest BCUT2D eigenvalue weighted by atomic mass is 16.6. The number of rotatable bonds is 60. The smallest absolute Gasteiger partial charge is 0.306 e. The van der Waals surface area contributed by atoms with E-state index in [1.807, 2.05) is 0 Å². The molecular formula is C69H124O6. The molecule has 0 fully saturated rings. The van der Waals surface area contributed by atoms with Gasteiger partial charge in [-0.05, 0) is 83.5 Å². The summed E-state index contributed by atoms with van der Waals surface area (Å²) in [6.45, 7) is 6.52. The summed E-state index contributed by atoms with van der Waals surface area (Å²) in [6.07, 6.45) is 81.2. The second-order valence-corrected chi connectivity index (χ2v) is 22.0. The van der Waals surface area contributed by atoms with Crippen LogP contribution in [0.1, 0.15) is 342 Å². The Morgan fingerprint density at radius 3 is 0.827 bits per heavy atom. The van der Waals surface area contributed by atoms with Gasteiger partial charge in [0, 0.05) is 19.3 Å². The number of carbonyl (C=O) groups excluding carboxylic acids is 3. The zero-order valence-electron chi connectivity index (χ0n) is 50.1. The fourth-order valence-electron chi connectivity index (χ4n) is 9.61. The minimum atomic E-state index is -0.784. The van der Waals surface area contributed by atoms with E-state index in [0.29, 0.717) is 19.3 Å². The Morgan fingerprint density at radius 1 is 0.280 bits per heavy atom. The summed E-state index contributed by atoms with van der Waals surface area (Å²) in [5.41, 5.74) is 0. The fourth-order valence-corrected chi connectivity index (χ4v) is 9.61. The highest BCUT2D eigenvalue weighted by Crippen LogP contribution is 2.17. The minimum Gasteiger partial charge on any atom is -0.462 e. The number of allylic oxidation sites excluding steroid dienone is 10. The number of hydrogen-bond donors (Lipinski definition) is 0. The first-order valence-corrected chi connectivity index (χ1v) is 32.8. The Hall–Kier alpha value is -2.89. The van der Waals surface area contributed by atoms with Crippen LogP contribution >= 0.6 is 0 Å². The van der Waals surface area contributed by atoms with Crippen LogP contribution < -0.4 is 0 Å². The Labute approximate surface area is 466 Å². The van der Waals surface area contributed by atoms with Gasteiger partial charge in [0.2, 0.25) is 0 Å². The van der Waals surface area contributed by atoms with E-state index in [-0.39, 0.29) is 31.1 Å². The zero-order chi connectivity index (χ0) is 54.3. The van der Waals surface area contributed by atoms with E-state index in [1.54, 1.807) is 0 Å². The Kier molecular flexibility index (Phi) is 61.2. The van der Waals surface area contributed by atoms with Gasteiger partial charge < -0.3 is 14.2 Å². The van der Waals surface area contributed by atoms with E-state index >= 15 is 0 Å². The van der Waals surface area contributed by atoms with Crippen molar-refractivity contribution in [3.63, 3.8) is 0 Å². The van der Waals surface area contributed by atoms with Crippen LogP contribution in [0.15, 0.2) is 60.8 Å². The van der Waals surface area contributed by atoms with Crippen molar-refractivity contribution in [3.8, 4) is 0 Å². The quantitative estimate of drug-likeness (QED) is 0.0261. The molecule has 75 heavy (non-hydrogen) atoms. The highest BCUT2D eigenvalue weighted by Gasteiger charge is 2.19. The summed E-state index contributed by atoms with van der Waals surface area (Å²) >= 11 is 0. The molecule has 6 heteroatoms. The van der Waals surface area contributed by atoms with Crippen molar-refractivity contribution in [1.82, 2.24) is 0 Å². The predicted octanol–water partition coefficient (Wildman–Crippen LogP) is 22.3. The highest BCUT2D eigenvalue weighted by molar-refractivity contribution is 5.71. The van der Waals surface area contributed by atoms with E-state index in [1.165, 1.54) is 205 Å². The molecule has 0 bridgehead atoms. The molecule has 0 amide bonds. The molecule has 1 unspecified atom stereocenters. The van der Waals surface area contributed by atoms with E-state index < -0.39 is 6.10 Å². The van der Waals surface area contributed by atoms with E-state index in [2.05, 4.69) is 81.5 Å². The van der Waals surface area contributed by atoms with Crippen molar-refractivity contribution in [2.75, 3.05) is 13.2 Å². The van der Waals surface area contributed by atoms with Crippen molar-refractivity contribution in [2.24, 2.45) is 0 Å². The molecule has 6 nitrogen and oxygen atoms in total. The lowest BCUT2D eigenvalue weighted by molar-refractivity contribution is -0.167. The molecular weight excluding hydrogens is 925 g/mol. The first-order valence-electron chi connectivity index (χ1n) is 32.8. The van der Waals surface area contributed by atoms with Crippen molar-refractivity contribution >= 4 is 17.9 Å². The Morgan fingerprint density at radius 2 is 0.520 bits per heavy atom. The fraction of sp³-hybridized carbons (Fsp3) is 0.812. The summed E-state index contributed by atoms with van der Waals surface area (Å²) < 4.78 is 16.9. The van der Waals surface area contributed by atoms with Crippen LogP contribution in [-0.4, -0.2) is 37.2 Å². The van der Waals surface area contributed by atoms with Crippen LogP contribution in [0.5, 0.6) is 0 Å². The lowest BCUT2D eigenvalue weighted by Gasteiger charge is -2.18. The topological polar surface area (TPSA) is 78.9 Å². The van der Waals surface area contributed by atoms with Crippen molar-refractivity contribution < 1.29 is 28.6 Å². The number of unbranched alkanes of at least 4 members (excludes halogenated alkanes) is 39. The van der Waals surface area contributed by atoms with E-state index in [9.17, 15) is 14.4 Å². The average Bonchev–Trinajstić information content (AvgIpc) is 3.41. The molecule has 1 atom stereocenters. The standard InChI is InChI=1S/C69H124O6/c1-4-7-10-13-16-19-21-23-25-27-28-29-30-31-32-33-34-35-36-37-38-39-40-42-43-45-47-50-53-56-59-62-68(71)74-65-66(64-73-67(70)61-58-55-52-49-18-15-12-9-6-3)75-69(72)63-60-57-54-51-48-46-44-41-26-24-22-20-17-14-11-8-5-2/h8,11,17,20,24,26-28,44,46,66H,4-7,9-10,12-16,18-19,21-23,25,29-43,45,47-65H2,1-3H3/b11-8-,20-17-,26-24-,28-27-,46-44-. The first-order chi connectivity index (χ1) is 37.0. The van der Waals surface area contributed by atoms with Crippen molar-refractivity contribution in [1.29, 1.82) is 0 Å². The van der Waals surface area contributed by atoms with Gasteiger partial charge in [-0.2, -0.15) is 0 Å². The lowest BCUT2D eigenvalue weighted by atomic mass is 10.0. The molecule has 0 saturated heterocycles. The second-order valence-electron chi connectivity index (χ2n) is 22.0. The van der Waals surface area contributed by atoms with Gasteiger partial charge in [0.05, 0.1) is 0 Å². The maximum absolute atomic E-state index is 12.8. The lowest BCUT2D eigenvalue weighted by Crippen LogP contribution is -2.30. The van der Waals surface area contributed by atoms with E-state index in [0.717, 1.165) is 96.3 Å². The number of esters is 3. The van der Waals surface area contributed by atoms with Crippen LogP contribution in [0, 0.1) is 0 Å². The molecule has 436 valence electrons. The van der Waals surface area contributed by atoms with Gasteiger partial charge in [-0.3, -0.25) is 14.4 Å². The van der Waals surface area contributed by atoms with Gasteiger partial charge in [-0.1, -0.05) is 300 Å². The van der Waals surface area contributed by atoms with Crippen LogP contribution in [-0.2, 0) is 28.6 Å². The SMILES string of the molecule is CC/C=C\C/C=C\C/C=C\C/C=C\CCCCCCC(=O)OC(COC(=O)CCCCCCCCCCC)COC(=O)CCCCCCCCCCCCCCCCCCCCC/C=C\CCCCCCCCCC. The molecule has 0 radical (unpaired) electrons.